The number of nitrogens with one attached hydrogen (secondary N) is 2. The summed E-state index contributed by atoms with van der Waals surface area (Å²) in [5, 5.41) is 6.59. The van der Waals surface area contributed by atoms with E-state index in [4.69, 9.17) is 23.2 Å². The summed E-state index contributed by atoms with van der Waals surface area (Å²) in [5.41, 5.74) is 2.12. The predicted molar refractivity (Wildman–Crippen MR) is 108 cm³/mol. The average molecular weight is 388 g/mol. The van der Waals surface area contributed by atoms with Crippen molar-refractivity contribution in [3.63, 3.8) is 0 Å². The van der Waals surface area contributed by atoms with Gasteiger partial charge in [-0.25, -0.2) is 0 Å². The number of nitrogens with zero attached hydrogens (tertiary/aromatic N) is 1. The highest BCUT2D eigenvalue weighted by Crippen LogP contribution is 2.23. The van der Waals surface area contributed by atoms with E-state index in [1.165, 1.54) is 0 Å². The highest BCUT2D eigenvalue weighted by Gasteiger charge is 2.22. The molecule has 1 saturated heterocycles. The summed E-state index contributed by atoms with van der Waals surface area (Å²) in [4.78, 5) is 16.9. The highest BCUT2D eigenvalue weighted by molar-refractivity contribution is 6.34. The second-order valence-electron chi connectivity index (χ2n) is 6.75. The van der Waals surface area contributed by atoms with Gasteiger partial charge >= 0.3 is 0 Å². The Morgan fingerprint density at radius 1 is 1.12 bits per heavy atom. The van der Waals surface area contributed by atoms with E-state index in [0.717, 1.165) is 42.7 Å². The van der Waals surface area contributed by atoms with E-state index in [0.29, 0.717) is 21.5 Å². The minimum Gasteiger partial charge on any atom is -0.381 e. The number of likely N-dealkylation sites (tertiary alicyclic amines) is 1. The third-order valence-electron chi connectivity index (χ3n) is 4.75. The van der Waals surface area contributed by atoms with Crippen molar-refractivity contribution in [2.45, 2.75) is 19.0 Å². The van der Waals surface area contributed by atoms with Crippen LogP contribution < -0.4 is 10.9 Å². The van der Waals surface area contributed by atoms with Crippen molar-refractivity contribution in [2.24, 2.45) is 0 Å². The number of hydrogen-bond donors (Lipinski definition) is 2. The Morgan fingerprint density at radius 3 is 2.73 bits per heavy atom. The molecular formula is C20H19Cl2N3O. The predicted octanol–water partition coefficient (Wildman–Crippen LogP) is 4.52. The van der Waals surface area contributed by atoms with Gasteiger partial charge in [-0.2, -0.15) is 0 Å². The highest BCUT2D eigenvalue weighted by atomic mass is 35.5. The third-order valence-corrected chi connectivity index (χ3v) is 5.18. The Balaban J connectivity index is 1.42. The van der Waals surface area contributed by atoms with Crippen molar-refractivity contribution in [2.75, 3.05) is 18.4 Å². The molecule has 1 aliphatic heterocycles. The SMILES string of the molecule is O=c1[nH]ccc2cc(N[C@H]3CCN(Cc4cc(Cl)cc(Cl)c4)C3)ccc12. The first-order valence-corrected chi connectivity index (χ1v) is 9.38. The molecule has 0 unspecified atom stereocenters. The lowest BCUT2D eigenvalue weighted by Gasteiger charge is -2.18. The molecule has 2 heterocycles. The molecule has 0 spiro atoms. The number of anilines is 1. The summed E-state index contributed by atoms with van der Waals surface area (Å²) >= 11 is 12.2. The number of benzene rings is 2. The Hall–Kier alpha value is -2.01. The van der Waals surface area contributed by atoms with Gasteiger partial charge in [-0.1, -0.05) is 23.2 Å². The number of fused-ring (bicyclic) bond motifs is 1. The molecular weight excluding hydrogens is 369 g/mol. The Kier molecular flexibility index (Phi) is 4.90. The van der Waals surface area contributed by atoms with Gasteiger partial charge in [-0.3, -0.25) is 9.69 Å². The molecule has 4 rings (SSSR count). The van der Waals surface area contributed by atoms with Gasteiger partial charge in [-0.15, -0.1) is 0 Å². The van der Waals surface area contributed by atoms with Crippen molar-refractivity contribution in [1.29, 1.82) is 0 Å². The van der Waals surface area contributed by atoms with Gasteiger partial charge in [0.05, 0.1) is 0 Å². The summed E-state index contributed by atoms with van der Waals surface area (Å²) in [7, 11) is 0. The van der Waals surface area contributed by atoms with Gasteiger partial charge in [-0.05, 0) is 59.8 Å². The van der Waals surface area contributed by atoms with Crippen LogP contribution in [-0.2, 0) is 6.54 Å². The van der Waals surface area contributed by atoms with Crippen molar-refractivity contribution < 1.29 is 0 Å². The maximum atomic E-state index is 11.8. The topological polar surface area (TPSA) is 48.1 Å². The lowest BCUT2D eigenvalue weighted by Crippen LogP contribution is -2.26. The lowest BCUT2D eigenvalue weighted by molar-refractivity contribution is 0.328. The number of H-pyrrole nitrogens is 1. The standard InChI is InChI=1S/C20H19Cl2N3O/c21-15-7-13(8-16(22)10-15)11-25-6-4-18(12-25)24-17-1-2-19-14(9-17)3-5-23-20(19)26/h1-3,5,7-10,18,24H,4,6,11-12H2,(H,23,26)/t18-/m0/s1. The molecule has 0 radical (unpaired) electrons. The van der Waals surface area contributed by atoms with Gasteiger partial charge in [0.25, 0.3) is 5.56 Å². The van der Waals surface area contributed by atoms with Crippen LogP contribution in [0.1, 0.15) is 12.0 Å². The van der Waals surface area contributed by atoms with Crippen LogP contribution in [0.4, 0.5) is 5.69 Å². The fraction of sp³-hybridized carbons (Fsp3) is 0.250. The van der Waals surface area contributed by atoms with E-state index < -0.39 is 0 Å². The molecule has 0 bridgehead atoms. The number of aromatic amines is 1. The smallest absolute Gasteiger partial charge is 0.255 e. The molecule has 2 aromatic carbocycles. The molecule has 134 valence electrons. The molecule has 3 aromatic rings. The van der Waals surface area contributed by atoms with E-state index in [1.807, 2.05) is 36.4 Å². The minimum absolute atomic E-state index is 0.0544. The zero-order valence-corrected chi connectivity index (χ0v) is 15.6. The van der Waals surface area contributed by atoms with Gasteiger partial charge in [0.1, 0.15) is 0 Å². The van der Waals surface area contributed by atoms with Crippen LogP contribution in [0.2, 0.25) is 10.0 Å². The van der Waals surface area contributed by atoms with E-state index in [1.54, 1.807) is 12.3 Å². The first-order valence-electron chi connectivity index (χ1n) is 8.62. The lowest BCUT2D eigenvalue weighted by atomic mass is 10.1. The van der Waals surface area contributed by atoms with Gasteiger partial charge < -0.3 is 10.3 Å². The Labute approximate surface area is 161 Å². The first kappa shape index (κ1) is 17.4. The minimum atomic E-state index is -0.0544. The summed E-state index contributed by atoms with van der Waals surface area (Å²) in [6, 6.07) is 13.9. The fourth-order valence-electron chi connectivity index (χ4n) is 3.57. The Bertz CT molecular complexity index is 982. The normalized spacial score (nSPS) is 17.7. The van der Waals surface area contributed by atoms with Crippen LogP contribution in [0.15, 0.2) is 53.5 Å². The molecule has 1 aromatic heterocycles. The number of hydrogen-bond acceptors (Lipinski definition) is 3. The van der Waals surface area contributed by atoms with Gasteiger partial charge in [0.15, 0.2) is 0 Å². The van der Waals surface area contributed by atoms with Crippen LogP contribution in [0.25, 0.3) is 10.8 Å². The second-order valence-corrected chi connectivity index (χ2v) is 7.62. The molecule has 1 fully saturated rings. The number of rotatable bonds is 4. The number of pyridine rings is 1. The third kappa shape index (κ3) is 3.88. The second kappa shape index (κ2) is 7.31. The van der Waals surface area contributed by atoms with E-state index in [9.17, 15) is 4.79 Å². The van der Waals surface area contributed by atoms with E-state index in [-0.39, 0.29) is 5.56 Å². The molecule has 1 aliphatic rings. The molecule has 2 N–H and O–H groups in total. The maximum absolute atomic E-state index is 11.8. The molecule has 0 amide bonds. The van der Waals surface area contributed by atoms with Crippen molar-refractivity contribution in [3.8, 4) is 0 Å². The molecule has 1 atom stereocenters. The first-order chi connectivity index (χ1) is 12.6. The van der Waals surface area contributed by atoms with E-state index >= 15 is 0 Å². The fourth-order valence-corrected chi connectivity index (χ4v) is 4.14. The average Bonchev–Trinajstić information content (AvgIpc) is 3.01. The van der Waals surface area contributed by atoms with E-state index in [2.05, 4.69) is 15.2 Å². The van der Waals surface area contributed by atoms with Crippen LogP contribution in [0.3, 0.4) is 0 Å². The molecule has 6 heteroatoms. The number of aromatic nitrogens is 1. The van der Waals surface area contributed by atoms with Gasteiger partial charge in [0, 0.05) is 53.0 Å². The summed E-state index contributed by atoms with van der Waals surface area (Å²) in [5.74, 6) is 0. The molecule has 4 nitrogen and oxygen atoms in total. The quantitative estimate of drug-likeness (QED) is 0.691. The largest absolute Gasteiger partial charge is 0.381 e. The summed E-state index contributed by atoms with van der Waals surface area (Å²) in [6.45, 7) is 2.82. The van der Waals surface area contributed by atoms with Crippen molar-refractivity contribution >= 4 is 39.7 Å². The monoisotopic (exact) mass is 387 g/mol. The molecule has 0 aliphatic carbocycles. The zero-order valence-electron chi connectivity index (χ0n) is 14.1. The molecule has 0 saturated carbocycles. The van der Waals surface area contributed by atoms with Crippen molar-refractivity contribution in [1.82, 2.24) is 9.88 Å². The number of halogens is 2. The van der Waals surface area contributed by atoms with Crippen molar-refractivity contribution in [3.05, 3.63) is 74.6 Å². The summed E-state index contributed by atoms with van der Waals surface area (Å²) < 4.78 is 0. The zero-order chi connectivity index (χ0) is 18.1. The maximum Gasteiger partial charge on any atom is 0.255 e. The van der Waals surface area contributed by atoms with Crippen LogP contribution in [-0.4, -0.2) is 29.0 Å². The van der Waals surface area contributed by atoms with Crippen LogP contribution in [0, 0.1) is 0 Å². The Morgan fingerprint density at radius 2 is 1.92 bits per heavy atom. The summed E-state index contributed by atoms with van der Waals surface area (Å²) in [6.07, 6.45) is 2.75. The van der Waals surface area contributed by atoms with Crippen LogP contribution in [0.5, 0.6) is 0 Å². The molecule has 26 heavy (non-hydrogen) atoms. The van der Waals surface area contributed by atoms with Gasteiger partial charge in [0.2, 0.25) is 0 Å². The van der Waals surface area contributed by atoms with Crippen LogP contribution >= 0.6 is 23.2 Å².